The molecule has 0 heterocycles. The second kappa shape index (κ2) is 5.14. The third kappa shape index (κ3) is 2.84. The second-order valence-corrected chi connectivity index (χ2v) is 4.58. The van der Waals surface area contributed by atoms with E-state index in [1.165, 1.54) is 6.08 Å². The molecule has 82 valence electrons. The van der Waals surface area contributed by atoms with E-state index in [9.17, 15) is 9.90 Å². The number of nitrogens with two attached hydrogens (primary N) is 1. The van der Waals surface area contributed by atoms with Crippen LogP contribution in [0.1, 0.15) is 5.56 Å². The zero-order chi connectivity index (χ0) is 12.3. The molecule has 0 aliphatic carbocycles. The van der Waals surface area contributed by atoms with E-state index in [1.807, 2.05) is 0 Å². The molecule has 3 N–H and O–H groups in total. The lowest BCUT2D eigenvalue weighted by Crippen LogP contribution is -2.12. The maximum absolute atomic E-state index is 10.8. The number of hydrogen-bond acceptors (Lipinski definition) is 3. The highest BCUT2D eigenvalue weighted by Gasteiger charge is 2.07. The fraction of sp³-hybridized carbons (Fsp3) is 0. The van der Waals surface area contributed by atoms with E-state index in [4.69, 9.17) is 11.0 Å². The third-order valence-corrected chi connectivity index (χ3v) is 2.95. The standard InChI is InChI=1S/C10H6Br2N2O2/c11-7-2-5(3-8(12)9(7)15)1-6(4-13)10(14)16/h1-3,15H,(H2,14,16)/b6-1+. The monoisotopic (exact) mass is 344 g/mol. The Balaban J connectivity index is 3.27. The molecule has 6 heteroatoms. The number of phenolic OH excluding ortho intramolecular Hbond substituents is 1. The van der Waals surface area contributed by atoms with E-state index in [0.717, 1.165) is 0 Å². The van der Waals surface area contributed by atoms with Crippen molar-refractivity contribution in [1.82, 2.24) is 0 Å². The van der Waals surface area contributed by atoms with Gasteiger partial charge in [-0.1, -0.05) is 0 Å². The molecule has 0 atom stereocenters. The smallest absolute Gasteiger partial charge is 0.259 e. The van der Waals surface area contributed by atoms with Crippen molar-refractivity contribution >= 4 is 43.8 Å². The van der Waals surface area contributed by atoms with Crippen molar-refractivity contribution in [1.29, 1.82) is 5.26 Å². The number of phenols is 1. The van der Waals surface area contributed by atoms with Crippen molar-refractivity contribution in [2.24, 2.45) is 5.73 Å². The zero-order valence-corrected chi connectivity index (χ0v) is 11.0. The summed E-state index contributed by atoms with van der Waals surface area (Å²) >= 11 is 6.27. The number of nitriles is 1. The Kier molecular flexibility index (Phi) is 4.10. The van der Waals surface area contributed by atoms with Crippen molar-refractivity contribution in [3.05, 3.63) is 32.2 Å². The molecule has 16 heavy (non-hydrogen) atoms. The van der Waals surface area contributed by atoms with E-state index in [0.29, 0.717) is 14.5 Å². The highest BCUT2D eigenvalue weighted by molar-refractivity contribution is 9.11. The lowest BCUT2D eigenvalue weighted by molar-refractivity contribution is -0.114. The third-order valence-electron chi connectivity index (χ3n) is 1.74. The van der Waals surface area contributed by atoms with Gasteiger partial charge >= 0.3 is 0 Å². The van der Waals surface area contributed by atoms with Crippen molar-refractivity contribution < 1.29 is 9.90 Å². The molecule has 0 bridgehead atoms. The van der Waals surface area contributed by atoms with Crippen molar-refractivity contribution in [3.8, 4) is 11.8 Å². The molecule has 1 amide bonds. The van der Waals surface area contributed by atoms with Gasteiger partial charge in [0.2, 0.25) is 0 Å². The summed E-state index contributed by atoms with van der Waals surface area (Å²) < 4.78 is 0.907. The fourth-order valence-electron chi connectivity index (χ4n) is 0.994. The molecule has 0 aliphatic heterocycles. The quantitative estimate of drug-likeness (QED) is 0.636. The van der Waals surface area contributed by atoms with Gasteiger partial charge in [-0.05, 0) is 55.6 Å². The summed E-state index contributed by atoms with van der Waals surface area (Å²) in [6, 6.07) is 4.84. The van der Waals surface area contributed by atoms with Gasteiger partial charge in [-0.3, -0.25) is 4.79 Å². The van der Waals surface area contributed by atoms with Crippen LogP contribution < -0.4 is 5.73 Å². The van der Waals surface area contributed by atoms with Crippen molar-refractivity contribution in [2.75, 3.05) is 0 Å². The minimum atomic E-state index is -0.789. The first-order valence-electron chi connectivity index (χ1n) is 4.05. The molecular weight excluding hydrogens is 340 g/mol. The minimum Gasteiger partial charge on any atom is -0.506 e. The van der Waals surface area contributed by atoms with Gasteiger partial charge in [0.25, 0.3) is 5.91 Å². The maximum atomic E-state index is 10.8. The van der Waals surface area contributed by atoms with Crippen LogP contribution >= 0.6 is 31.9 Å². The minimum absolute atomic E-state index is 0.0507. The summed E-state index contributed by atoms with van der Waals surface area (Å²) in [6.07, 6.45) is 1.34. The molecule has 1 aromatic rings. The zero-order valence-electron chi connectivity index (χ0n) is 7.87. The van der Waals surface area contributed by atoms with Crippen molar-refractivity contribution in [3.63, 3.8) is 0 Å². The number of rotatable bonds is 2. The van der Waals surface area contributed by atoms with Crippen molar-refractivity contribution in [2.45, 2.75) is 0 Å². The highest BCUT2D eigenvalue weighted by Crippen LogP contribution is 2.33. The number of carbonyl (C=O) groups excluding carboxylic acids is 1. The number of carbonyl (C=O) groups is 1. The van der Waals surface area contributed by atoms with Crippen LogP contribution in [0.25, 0.3) is 6.08 Å². The van der Waals surface area contributed by atoms with Gasteiger partial charge in [0.1, 0.15) is 17.4 Å². The molecule has 4 nitrogen and oxygen atoms in total. The molecule has 1 aromatic carbocycles. The number of amides is 1. The molecule has 0 spiro atoms. The summed E-state index contributed by atoms with van der Waals surface area (Å²) in [5.74, 6) is -0.738. The van der Waals surface area contributed by atoms with Crippen LogP contribution in [0.15, 0.2) is 26.7 Å². The topological polar surface area (TPSA) is 87.1 Å². The Morgan fingerprint density at radius 1 is 1.44 bits per heavy atom. The molecule has 0 fully saturated rings. The fourth-order valence-corrected chi connectivity index (χ4v) is 2.22. The van der Waals surface area contributed by atoms with Crippen LogP contribution in [-0.4, -0.2) is 11.0 Å². The molecule has 0 unspecified atom stereocenters. The maximum Gasteiger partial charge on any atom is 0.259 e. The molecule has 0 aliphatic rings. The van der Waals surface area contributed by atoms with Crippen LogP contribution in [0.2, 0.25) is 0 Å². The molecular formula is C10H6Br2N2O2. The summed E-state index contributed by atoms with van der Waals surface area (Å²) in [6.45, 7) is 0. The summed E-state index contributed by atoms with van der Waals surface area (Å²) in [5, 5.41) is 18.1. The van der Waals surface area contributed by atoms with Gasteiger partial charge in [-0.25, -0.2) is 0 Å². The van der Waals surface area contributed by atoms with E-state index < -0.39 is 5.91 Å². The Morgan fingerprint density at radius 3 is 2.31 bits per heavy atom. The summed E-state index contributed by atoms with van der Waals surface area (Å²) in [4.78, 5) is 10.8. The van der Waals surface area contributed by atoms with Crippen LogP contribution in [0.5, 0.6) is 5.75 Å². The van der Waals surface area contributed by atoms with Crippen LogP contribution in [0.3, 0.4) is 0 Å². The van der Waals surface area contributed by atoms with Gasteiger partial charge in [0.15, 0.2) is 0 Å². The Labute approximate surface area is 109 Å². The van der Waals surface area contributed by atoms with E-state index in [-0.39, 0.29) is 11.3 Å². The average Bonchev–Trinajstić information content (AvgIpc) is 2.21. The molecule has 0 saturated heterocycles. The lowest BCUT2D eigenvalue weighted by Gasteiger charge is -2.02. The number of halogens is 2. The average molecular weight is 346 g/mol. The van der Waals surface area contributed by atoms with Gasteiger partial charge in [0, 0.05) is 0 Å². The molecule has 0 radical (unpaired) electrons. The number of benzene rings is 1. The largest absolute Gasteiger partial charge is 0.506 e. The van der Waals surface area contributed by atoms with Crippen LogP contribution in [0, 0.1) is 11.3 Å². The van der Waals surface area contributed by atoms with E-state index >= 15 is 0 Å². The normalized spacial score (nSPS) is 10.9. The van der Waals surface area contributed by atoms with Gasteiger partial charge in [-0.15, -0.1) is 0 Å². The van der Waals surface area contributed by atoms with Gasteiger partial charge < -0.3 is 10.8 Å². The first kappa shape index (κ1) is 12.7. The predicted molar refractivity (Wildman–Crippen MR) is 66.3 cm³/mol. The second-order valence-electron chi connectivity index (χ2n) is 2.87. The Morgan fingerprint density at radius 2 is 1.94 bits per heavy atom. The SMILES string of the molecule is N#C/C(=C\c1cc(Br)c(O)c(Br)c1)C(N)=O. The number of aromatic hydroxyl groups is 1. The highest BCUT2D eigenvalue weighted by atomic mass is 79.9. The number of primary amides is 1. The van der Waals surface area contributed by atoms with E-state index in [2.05, 4.69) is 31.9 Å². The Bertz CT molecular complexity index is 495. The predicted octanol–water partition coefficient (Wildman–Crippen LogP) is 2.31. The first-order chi connectivity index (χ1) is 7.45. The first-order valence-corrected chi connectivity index (χ1v) is 5.64. The summed E-state index contributed by atoms with van der Waals surface area (Å²) in [5.41, 5.74) is 5.43. The summed E-state index contributed by atoms with van der Waals surface area (Å²) in [7, 11) is 0. The van der Waals surface area contributed by atoms with Gasteiger partial charge in [-0.2, -0.15) is 5.26 Å². The number of hydrogen-bond donors (Lipinski definition) is 2. The van der Waals surface area contributed by atoms with Crippen LogP contribution in [-0.2, 0) is 4.79 Å². The van der Waals surface area contributed by atoms with Crippen LogP contribution in [0.4, 0.5) is 0 Å². The molecule has 0 aromatic heterocycles. The Hall–Kier alpha value is -1.32. The lowest BCUT2D eigenvalue weighted by atomic mass is 10.1. The molecule has 1 rings (SSSR count). The molecule has 0 saturated carbocycles. The number of nitrogens with zero attached hydrogens (tertiary/aromatic N) is 1. The van der Waals surface area contributed by atoms with E-state index in [1.54, 1.807) is 18.2 Å². The van der Waals surface area contributed by atoms with Gasteiger partial charge in [0.05, 0.1) is 8.95 Å².